The second-order valence-electron chi connectivity index (χ2n) is 10.3. The summed E-state index contributed by atoms with van der Waals surface area (Å²) in [7, 11) is 0. The molecule has 3 heteroatoms. The van der Waals surface area contributed by atoms with Crippen LogP contribution in [0.1, 0.15) is 144 Å². The number of nitrogens with one attached hydrogen (secondary N) is 1. The van der Waals surface area contributed by atoms with E-state index in [-0.39, 0.29) is 5.66 Å². The minimum Gasteiger partial charge on any atom is -0.385 e. The van der Waals surface area contributed by atoms with Crippen molar-refractivity contribution in [3.8, 4) is 0 Å². The lowest BCUT2D eigenvalue weighted by atomic mass is 9.95. The third-order valence-corrected chi connectivity index (χ3v) is 7.89. The maximum atomic E-state index is 3.78. The van der Waals surface area contributed by atoms with Gasteiger partial charge in [-0.3, -0.25) is 9.80 Å². The van der Waals surface area contributed by atoms with Gasteiger partial charge in [-0.25, -0.2) is 0 Å². The van der Waals surface area contributed by atoms with E-state index in [0.29, 0.717) is 0 Å². The Morgan fingerprint density at radius 1 is 0.606 bits per heavy atom. The number of rotatable bonds is 25. The summed E-state index contributed by atoms with van der Waals surface area (Å²) in [6.45, 7) is 17.3. The lowest BCUT2D eigenvalue weighted by Gasteiger charge is -2.51. The lowest BCUT2D eigenvalue weighted by molar-refractivity contribution is -0.0557. The van der Waals surface area contributed by atoms with Gasteiger partial charge in [0.1, 0.15) is 0 Å². The molecule has 0 bridgehead atoms. The first kappa shape index (κ1) is 30.5. The fraction of sp³-hybridized carbons (Fsp3) is 0.933. The number of hydrogen-bond acceptors (Lipinski definition) is 3. The Hall–Kier alpha value is -0.540. The Balaban J connectivity index is 2.24. The van der Waals surface area contributed by atoms with E-state index in [1.807, 2.05) is 0 Å². The normalized spacial score (nSPS) is 13.7. The van der Waals surface area contributed by atoms with Gasteiger partial charge in [0.05, 0.1) is 5.66 Å². The molecule has 1 rings (SSSR count). The zero-order valence-electron chi connectivity index (χ0n) is 23.5. The van der Waals surface area contributed by atoms with E-state index in [1.165, 1.54) is 115 Å². The van der Waals surface area contributed by atoms with Crippen LogP contribution in [0, 0.1) is 0 Å². The highest BCUT2D eigenvalue weighted by Crippen LogP contribution is 2.29. The summed E-state index contributed by atoms with van der Waals surface area (Å²) in [6.07, 6.45) is 26.3. The average Bonchev–Trinajstić information content (AvgIpc) is 3.66. The zero-order valence-corrected chi connectivity index (χ0v) is 23.5. The molecular formula is C30H61N3. The first-order valence-electron chi connectivity index (χ1n) is 15.1. The van der Waals surface area contributed by atoms with Crippen LogP contribution >= 0.6 is 0 Å². The van der Waals surface area contributed by atoms with E-state index in [4.69, 9.17) is 0 Å². The minimum atomic E-state index is 0.160. The Morgan fingerprint density at radius 3 is 1.30 bits per heavy atom. The quantitative estimate of drug-likeness (QED) is 0.108. The first-order chi connectivity index (χ1) is 16.2. The monoisotopic (exact) mass is 463 g/mol. The van der Waals surface area contributed by atoms with Gasteiger partial charge in [0, 0.05) is 18.7 Å². The van der Waals surface area contributed by atoms with E-state index in [1.54, 1.807) is 0 Å². The Kier molecular flexibility index (Phi) is 18.2. The molecule has 0 aromatic carbocycles. The molecule has 3 nitrogen and oxygen atoms in total. The molecule has 196 valence electrons. The van der Waals surface area contributed by atoms with Crippen LogP contribution in [0.25, 0.3) is 0 Å². The summed E-state index contributed by atoms with van der Waals surface area (Å²) < 4.78 is 0. The summed E-state index contributed by atoms with van der Waals surface area (Å²) in [6, 6.07) is 0. The molecule has 0 radical (unpaired) electrons. The molecule has 0 atom stereocenters. The van der Waals surface area contributed by atoms with Crippen LogP contribution in [0.4, 0.5) is 0 Å². The SMILES string of the molecule is CCCCCCCCCCCCCCCCCC(CNC1=CC1)(N(CC)CC)N(CC)CC. The topological polar surface area (TPSA) is 18.5 Å². The van der Waals surface area contributed by atoms with Crippen LogP contribution < -0.4 is 5.32 Å². The van der Waals surface area contributed by atoms with Crippen molar-refractivity contribution in [2.75, 3.05) is 32.7 Å². The smallest absolute Gasteiger partial charge is 0.0914 e. The van der Waals surface area contributed by atoms with Gasteiger partial charge in [0.15, 0.2) is 0 Å². The summed E-state index contributed by atoms with van der Waals surface area (Å²) >= 11 is 0. The number of unbranched alkanes of at least 4 members (excludes halogenated alkanes) is 14. The van der Waals surface area contributed by atoms with Crippen molar-refractivity contribution >= 4 is 0 Å². The van der Waals surface area contributed by atoms with E-state index >= 15 is 0 Å². The summed E-state index contributed by atoms with van der Waals surface area (Å²) in [5, 5.41) is 3.78. The number of hydrogen-bond donors (Lipinski definition) is 1. The third kappa shape index (κ3) is 12.6. The van der Waals surface area contributed by atoms with Crippen LogP contribution in [0.5, 0.6) is 0 Å². The Labute approximate surface area is 209 Å². The van der Waals surface area contributed by atoms with Gasteiger partial charge in [-0.05, 0) is 32.6 Å². The number of likely N-dealkylation sites (N-methyl/N-ethyl adjacent to an activating group) is 2. The van der Waals surface area contributed by atoms with Gasteiger partial charge in [-0.2, -0.15) is 0 Å². The lowest BCUT2D eigenvalue weighted by Crippen LogP contribution is -2.65. The highest BCUT2D eigenvalue weighted by molar-refractivity contribution is 5.20. The molecule has 0 unspecified atom stereocenters. The molecule has 0 saturated carbocycles. The van der Waals surface area contributed by atoms with Crippen molar-refractivity contribution in [3.63, 3.8) is 0 Å². The van der Waals surface area contributed by atoms with E-state index in [2.05, 4.69) is 55.8 Å². The average molecular weight is 464 g/mol. The second-order valence-corrected chi connectivity index (χ2v) is 10.3. The van der Waals surface area contributed by atoms with Gasteiger partial charge < -0.3 is 5.32 Å². The van der Waals surface area contributed by atoms with Crippen LogP contribution in [-0.4, -0.2) is 48.2 Å². The molecule has 0 spiro atoms. The highest BCUT2D eigenvalue weighted by Gasteiger charge is 2.39. The van der Waals surface area contributed by atoms with Crippen LogP contribution in [0.3, 0.4) is 0 Å². The highest BCUT2D eigenvalue weighted by atomic mass is 15.4. The van der Waals surface area contributed by atoms with Gasteiger partial charge in [-0.1, -0.05) is 137 Å². The predicted octanol–water partition coefficient (Wildman–Crippen LogP) is 8.51. The molecule has 0 saturated heterocycles. The molecular weight excluding hydrogens is 402 g/mol. The molecule has 1 N–H and O–H groups in total. The molecule has 0 amide bonds. The minimum absolute atomic E-state index is 0.160. The van der Waals surface area contributed by atoms with Crippen LogP contribution in [0.15, 0.2) is 11.8 Å². The maximum Gasteiger partial charge on any atom is 0.0914 e. The fourth-order valence-electron chi connectivity index (χ4n) is 5.68. The van der Waals surface area contributed by atoms with Gasteiger partial charge >= 0.3 is 0 Å². The molecule has 0 aromatic rings. The molecule has 1 aliphatic rings. The van der Waals surface area contributed by atoms with E-state index in [9.17, 15) is 0 Å². The van der Waals surface area contributed by atoms with E-state index in [0.717, 1.165) is 32.7 Å². The van der Waals surface area contributed by atoms with Crippen LogP contribution in [0.2, 0.25) is 0 Å². The second kappa shape index (κ2) is 19.7. The fourth-order valence-corrected chi connectivity index (χ4v) is 5.68. The third-order valence-electron chi connectivity index (χ3n) is 7.89. The molecule has 0 fully saturated rings. The molecule has 1 aliphatic carbocycles. The van der Waals surface area contributed by atoms with Crippen molar-refractivity contribution in [1.82, 2.24) is 15.1 Å². The summed E-state index contributed by atoms with van der Waals surface area (Å²) in [5.74, 6) is 0. The maximum absolute atomic E-state index is 3.78. The van der Waals surface area contributed by atoms with Gasteiger partial charge in [0.2, 0.25) is 0 Å². The summed E-state index contributed by atoms with van der Waals surface area (Å²) in [4.78, 5) is 5.44. The first-order valence-corrected chi connectivity index (χ1v) is 15.1. The molecule has 0 aromatic heterocycles. The number of allylic oxidation sites excluding steroid dienone is 2. The standard InChI is InChI=1S/C30H61N3/c1-6-11-12-13-14-15-16-17-18-19-20-21-22-23-24-27-30(32(7-2)8-3,33(9-4)10-5)28-31-29-25-26-29/h25,31H,6-24,26-28H2,1-5H3. The molecule has 0 aliphatic heterocycles. The van der Waals surface area contributed by atoms with E-state index < -0.39 is 0 Å². The summed E-state index contributed by atoms with van der Waals surface area (Å²) in [5.41, 5.74) is 1.61. The van der Waals surface area contributed by atoms with Crippen molar-refractivity contribution in [2.24, 2.45) is 0 Å². The van der Waals surface area contributed by atoms with Crippen molar-refractivity contribution in [1.29, 1.82) is 0 Å². The van der Waals surface area contributed by atoms with Gasteiger partial charge in [-0.15, -0.1) is 0 Å². The van der Waals surface area contributed by atoms with Gasteiger partial charge in [0.25, 0.3) is 0 Å². The number of nitrogens with zero attached hydrogens (tertiary/aromatic N) is 2. The molecule has 33 heavy (non-hydrogen) atoms. The molecule has 0 heterocycles. The van der Waals surface area contributed by atoms with Crippen molar-refractivity contribution in [3.05, 3.63) is 11.8 Å². The van der Waals surface area contributed by atoms with Crippen molar-refractivity contribution in [2.45, 2.75) is 149 Å². The Bertz CT molecular complexity index is 453. The predicted molar refractivity (Wildman–Crippen MR) is 149 cm³/mol. The largest absolute Gasteiger partial charge is 0.385 e. The van der Waals surface area contributed by atoms with Crippen molar-refractivity contribution < 1.29 is 0 Å². The Morgan fingerprint density at radius 2 is 0.970 bits per heavy atom. The zero-order chi connectivity index (χ0) is 24.2. The van der Waals surface area contributed by atoms with Crippen LogP contribution in [-0.2, 0) is 0 Å².